The first kappa shape index (κ1) is 16.8. The number of aliphatic carboxylic acids is 1. The Morgan fingerprint density at radius 3 is 2.86 bits per heavy atom. The first-order valence-corrected chi connectivity index (χ1v) is 6.58. The predicted octanol–water partition coefficient (Wildman–Crippen LogP) is 2.51. The molecule has 0 aliphatic heterocycles. The van der Waals surface area contributed by atoms with E-state index in [1.807, 2.05) is 0 Å². The van der Waals surface area contributed by atoms with E-state index in [0.29, 0.717) is 22.9 Å². The summed E-state index contributed by atoms with van der Waals surface area (Å²) in [6.45, 7) is 5.43. The zero-order valence-electron chi connectivity index (χ0n) is 11.5. The Morgan fingerprint density at radius 1 is 1.52 bits per heavy atom. The number of ether oxygens (including phenoxy) is 1. The van der Waals surface area contributed by atoms with Crippen LogP contribution < -0.4 is 10.1 Å². The van der Waals surface area contributed by atoms with Crippen LogP contribution in [0.2, 0.25) is 5.02 Å². The molecule has 0 aliphatic carbocycles. The van der Waals surface area contributed by atoms with Crippen molar-refractivity contribution in [3.05, 3.63) is 47.5 Å². The molecule has 1 rings (SSSR count). The fourth-order valence-corrected chi connectivity index (χ4v) is 1.73. The molecule has 2 N–H and O–H groups in total. The molecule has 0 spiro atoms. The molecule has 1 unspecified atom stereocenters. The van der Waals surface area contributed by atoms with Gasteiger partial charge >= 0.3 is 5.97 Å². The largest absolute Gasteiger partial charge is 0.480 e. The minimum Gasteiger partial charge on any atom is -0.480 e. The number of hydrogen-bond acceptors (Lipinski definition) is 3. The third-order valence-electron chi connectivity index (χ3n) is 2.50. The monoisotopic (exact) mass is 309 g/mol. The average molecular weight is 310 g/mol. The van der Waals surface area contributed by atoms with Gasteiger partial charge in [-0.2, -0.15) is 0 Å². The Labute approximate surface area is 127 Å². The maximum atomic E-state index is 11.7. The molecule has 6 heteroatoms. The number of carbonyl (C=O) groups is 2. The molecule has 0 fully saturated rings. The van der Waals surface area contributed by atoms with Crippen LogP contribution >= 0.6 is 11.6 Å². The van der Waals surface area contributed by atoms with Crippen LogP contribution in [-0.4, -0.2) is 29.6 Å². The van der Waals surface area contributed by atoms with Gasteiger partial charge in [-0.25, -0.2) is 4.79 Å². The van der Waals surface area contributed by atoms with E-state index in [2.05, 4.69) is 11.9 Å². The number of benzene rings is 1. The molecule has 5 nitrogen and oxygen atoms in total. The van der Waals surface area contributed by atoms with Gasteiger partial charge in [0.15, 0.2) is 6.10 Å². The SMILES string of the molecule is C=CCNC(=O)C(C)Oc1cccc(Cl)c1/C=C/C(=O)O. The van der Waals surface area contributed by atoms with E-state index in [-0.39, 0.29) is 5.91 Å². The summed E-state index contributed by atoms with van der Waals surface area (Å²) in [7, 11) is 0. The Morgan fingerprint density at radius 2 is 2.24 bits per heavy atom. The van der Waals surface area contributed by atoms with Crippen molar-refractivity contribution >= 4 is 29.6 Å². The molecular formula is C15H16ClNO4. The van der Waals surface area contributed by atoms with E-state index < -0.39 is 12.1 Å². The summed E-state index contributed by atoms with van der Waals surface area (Å²) < 4.78 is 5.54. The normalized spacial score (nSPS) is 11.9. The van der Waals surface area contributed by atoms with E-state index in [4.69, 9.17) is 21.4 Å². The van der Waals surface area contributed by atoms with Gasteiger partial charge in [0.25, 0.3) is 5.91 Å². The highest BCUT2D eigenvalue weighted by atomic mass is 35.5. The van der Waals surface area contributed by atoms with Crippen molar-refractivity contribution in [2.45, 2.75) is 13.0 Å². The summed E-state index contributed by atoms with van der Waals surface area (Å²) in [4.78, 5) is 22.3. The van der Waals surface area contributed by atoms with Crippen LogP contribution in [0.5, 0.6) is 5.75 Å². The minimum absolute atomic E-state index is 0.303. The van der Waals surface area contributed by atoms with Crippen molar-refractivity contribution in [1.29, 1.82) is 0 Å². The van der Waals surface area contributed by atoms with Crippen LogP contribution in [0, 0.1) is 0 Å². The molecule has 21 heavy (non-hydrogen) atoms. The predicted molar refractivity (Wildman–Crippen MR) is 81.4 cm³/mol. The molecule has 0 saturated heterocycles. The molecule has 1 aromatic rings. The maximum absolute atomic E-state index is 11.7. The van der Waals surface area contributed by atoms with Gasteiger partial charge in [0.05, 0.1) is 5.02 Å². The summed E-state index contributed by atoms with van der Waals surface area (Å²) in [5, 5.41) is 11.6. The van der Waals surface area contributed by atoms with Crippen LogP contribution in [-0.2, 0) is 9.59 Å². The van der Waals surface area contributed by atoms with Crippen LogP contribution in [0.25, 0.3) is 6.08 Å². The van der Waals surface area contributed by atoms with Crippen LogP contribution in [0.15, 0.2) is 36.9 Å². The van der Waals surface area contributed by atoms with Crippen molar-refractivity contribution in [2.75, 3.05) is 6.54 Å². The van der Waals surface area contributed by atoms with Gasteiger partial charge in [-0.05, 0) is 25.1 Å². The van der Waals surface area contributed by atoms with Gasteiger partial charge in [0, 0.05) is 18.2 Å². The molecule has 1 atom stereocenters. The number of halogens is 1. The highest BCUT2D eigenvalue weighted by Gasteiger charge is 2.16. The lowest BCUT2D eigenvalue weighted by Crippen LogP contribution is -2.36. The summed E-state index contributed by atoms with van der Waals surface area (Å²) in [6.07, 6.45) is 3.09. The summed E-state index contributed by atoms with van der Waals surface area (Å²) in [5.74, 6) is -1.07. The minimum atomic E-state index is -1.10. The van der Waals surface area contributed by atoms with E-state index in [1.165, 1.54) is 6.08 Å². The van der Waals surface area contributed by atoms with Gasteiger partial charge in [-0.3, -0.25) is 4.79 Å². The quantitative estimate of drug-likeness (QED) is 0.599. The Bertz CT molecular complexity index is 569. The second kappa shape index (κ2) is 8.11. The lowest BCUT2D eigenvalue weighted by atomic mass is 10.2. The van der Waals surface area contributed by atoms with Crippen LogP contribution in [0.4, 0.5) is 0 Å². The topological polar surface area (TPSA) is 75.6 Å². The van der Waals surface area contributed by atoms with Gasteiger partial charge < -0.3 is 15.2 Å². The van der Waals surface area contributed by atoms with Crippen molar-refractivity contribution in [1.82, 2.24) is 5.32 Å². The van der Waals surface area contributed by atoms with Crippen LogP contribution in [0.1, 0.15) is 12.5 Å². The molecule has 0 bridgehead atoms. The Kier molecular flexibility index (Phi) is 6.49. The zero-order valence-corrected chi connectivity index (χ0v) is 12.3. The standard InChI is InChI=1S/C15H16ClNO4/c1-3-9-17-15(20)10(2)21-13-6-4-5-12(16)11(13)7-8-14(18)19/h3-8,10H,1,9H2,2H3,(H,17,20)(H,18,19)/b8-7+. The molecule has 0 aliphatic rings. The fourth-order valence-electron chi connectivity index (χ4n) is 1.50. The molecule has 112 valence electrons. The van der Waals surface area contributed by atoms with Gasteiger partial charge in [0.1, 0.15) is 5.75 Å². The van der Waals surface area contributed by atoms with Crippen LogP contribution in [0.3, 0.4) is 0 Å². The lowest BCUT2D eigenvalue weighted by Gasteiger charge is -2.16. The number of carboxylic acid groups (broad SMARTS) is 1. The Hall–Kier alpha value is -2.27. The zero-order chi connectivity index (χ0) is 15.8. The fraction of sp³-hybridized carbons (Fsp3) is 0.200. The molecule has 0 aromatic heterocycles. The van der Waals surface area contributed by atoms with Crippen molar-refractivity contribution in [2.24, 2.45) is 0 Å². The molecule has 1 amide bonds. The second-order valence-electron chi connectivity index (χ2n) is 4.12. The maximum Gasteiger partial charge on any atom is 0.328 e. The van der Waals surface area contributed by atoms with E-state index in [0.717, 1.165) is 6.08 Å². The van der Waals surface area contributed by atoms with E-state index in [9.17, 15) is 9.59 Å². The number of hydrogen-bond donors (Lipinski definition) is 2. The lowest BCUT2D eigenvalue weighted by molar-refractivity contribution is -0.131. The average Bonchev–Trinajstić information content (AvgIpc) is 2.43. The first-order valence-electron chi connectivity index (χ1n) is 6.20. The van der Waals surface area contributed by atoms with E-state index in [1.54, 1.807) is 31.2 Å². The van der Waals surface area contributed by atoms with Gasteiger partial charge in [0.2, 0.25) is 0 Å². The number of amides is 1. The number of nitrogens with one attached hydrogen (secondary N) is 1. The van der Waals surface area contributed by atoms with Crippen molar-refractivity contribution in [3.8, 4) is 5.75 Å². The third-order valence-corrected chi connectivity index (χ3v) is 2.83. The van der Waals surface area contributed by atoms with Gasteiger partial charge in [-0.1, -0.05) is 23.7 Å². The second-order valence-corrected chi connectivity index (χ2v) is 4.52. The molecule has 0 radical (unpaired) electrons. The third kappa shape index (κ3) is 5.31. The van der Waals surface area contributed by atoms with Crippen molar-refractivity contribution in [3.63, 3.8) is 0 Å². The first-order chi connectivity index (χ1) is 9.95. The van der Waals surface area contributed by atoms with Gasteiger partial charge in [-0.15, -0.1) is 6.58 Å². The summed E-state index contributed by atoms with van der Waals surface area (Å²) in [5.41, 5.74) is 0.407. The van der Waals surface area contributed by atoms with E-state index >= 15 is 0 Å². The number of carbonyl (C=O) groups excluding carboxylic acids is 1. The molecule has 0 saturated carbocycles. The smallest absolute Gasteiger partial charge is 0.328 e. The highest BCUT2D eigenvalue weighted by molar-refractivity contribution is 6.32. The van der Waals surface area contributed by atoms with Crippen molar-refractivity contribution < 1.29 is 19.4 Å². The number of carboxylic acids is 1. The number of rotatable bonds is 7. The Balaban J connectivity index is 2.92. The molecule has 0 heterocycles. The molecule has 1 aromatic carbocycles. The summed E-state index contributed by atoms with van der Waals surface area (Å²) >= 11 is 6.02. The molecular weight excluding hydrogens is 294 g/mol. The highest BCUT2D eigenvalue weighted by Crippen LogP contribution is 2.28. The summed E-state index contributed by atoms with van der Waals surface area (Å²) in [6, 6.07) is 4.88.